The smallest absolute Gasteiger partial charge is 0.254 e. The van der Waals surface area contributed by atoms with E-state index in [1.165, 1.54) is 0 Å². The highest BCUT2D eigenvalue weighted by Gasteiger charge is 2.34. The maximum atomic E-state index is 12.5. The van der Waals surface area contributed by atoms with Crippen LogP contribution in [0.15, 0.2) is 18.2 Å². The van der Waals surface area contributed by atoms with Crippen molar-refractivity contribution >= 4 is 38.9 Å². The molecule has 1 amide bonds. The first kappa shape index (κ1) is 17.0. The largest absolute Gasteiger partial charge is 0.336 e. The van der Waals surface area contributed by atoms with Gasteiger partial charge in [-0.15, -0.1) is 0 Å². The van der Waals surface area contributed by atoms with Gasteiger partial charge in [-0.25, -0.2) is 8.42 Å². The van der Waals surface area contributed by atoms with Crippen molar-refractivity contribution in [3.63, 3.8) is 0 Å². The molecule has 0 spiro atoms. The second-order valence-electron chi connectivity index (χ2n) is 6.04. The molecule has 8 heteroatoms. The number of hydrogen-bond donors (Lipinski definition) is 0. The topological polar surface area (TPSA) is 57.7 Å². The maximum absolute atomic E-state index is 12.5. The van der Waals surface area contributed by atoms with Crippen LogP contribution in [-0.4, -0.2) is 67.9 Å². The molecule has 0 N–H and O–H groups in total. The van der Waals surface area contributed by atoms with Crippen LogP contribution in [0.1, 0.15) is 16.8 Å². The number of rotatable bonds is 2. The molecule has 3 rings (SSSR count). The third kappa shape index (κ3) is 3.99. The quantitative estimate of drug-likeness (QED) is 0.791. The molecule has 1 aromatic carbocycles. The number of halogens is 2. The normalized spacial score (nSPS) is 24.8. The predicted octanol–water partition coefficient (Wildman–Crippen LogP) is 1.94. The van der Waals surface area contributed by atoms with Gasteiger partial charge in [-0.3, -0.25) is 9.69 Å². The van der Waals surface area contributed by atoms with Gasteiger partial charge < -0.3 is 4.90 Å². The van der Waals surface area contributed by atoms with E-state index in [1.807, 2.05) is 0 Å². The van der Waals surface area contributed by atoms with Gasteiger partial charge >= 0.3 is 0 Å². The Kier molecular flexibility index (Phi) is 4.88. The molecule has 0 aliphatic carbocycles. The summed E-state index contributed by atoms with van der Waals surface area (Å²) in [5, 5.41) is 0.881. The Hall–Kier alpha value is -0.820. The lowest BCUT2D eigenvalue weighted by molar-refractivity contribution is 0.0588. The first-order valence-corrected chi connectivity index (χ1v) is 10.1. The molecule has 1 atom stereocenters. The predicted molar refractivity (Wildman–Crippen MR) is 91.0 cm³/mol. The SMILES string of the molecule is O=C(c1cc(Cl)cc(Cl)c1)N1CCN(C2CCS(=O)(=O)C2)CC1. The summed E-state index contributed by atoms with van der Waals surface area (Å²) in [5.41, 5.74) is 0.486. The van der Waals surface area contributed by atoms with Gasteiger partial charge in [0.2, 0.25) is 0 Å². The summed E-state index contributed by atoms with van der Waals surface area (Å²) in [5.74, 6) is 0.427. The van der Waals surface area contributed by atoms with E-state index in [9.17, 15) is 13.2 Å². The number of hydrogen-bond acceptors (Lipinski definition) is 4. The van der Waals surface area contributed by atoms with Crippen LogP contribution in [0.25, 0.3) is 0 Å². The van der Waals surface area contributed by atoms with Gasteiger partial charge in [0.05, 0.1) is 11.5 Å². The van der Waals surface area contributed by atoms with Gasteiger partial charge in [0.15, 0.2) is 9.84 Å². The fraction of sp³-hybridized carbons (Fsp3) is 0.533. The van der Waals surface area contributed by atoms with Crippen LogP contribution in [0.2, 0.25) is 10.0 Å². The van der Waals surface area contributed by atoms with Crippen molar-refractivity contribution in [1.29, 1.82) is 0 Å². The number of piperazine rings is 1. The van der Waals surface area contributed by atoms with Crippen molar-refractivity contribution in [1.82, 2.24) is 9.80 Å². The van der Waals surface area contributed by atoms with E-state index in [0.717, 1.165) is 0 Å². The highest BCUT2D eigenvalue weighted by Crippen LogP contribution is 2.22. The number of benzene rings is 1. The van der Waals surface area contributed by atoms with Crippen molar-refractivity contribution in [2.75, 3.05) is 37.7 Å². The van der Waals surface area contributed by atoms with Gasteiger partial charge in [-0.2, -0.15) is 0 Å². The minimum atomic E-state index is -2.88. The second kappa shape index (κ2) is 6.59. The van der Waals surface area contributed by atoms with Gasteiger partial charge in [-0.05, 0) is 24.6 Å². The van der Waals surface area contributed by atoms with Crippen LogP contribution in [-0.2, 0) is 9.84 Å². The molecule has 2 heterocycles. The molecule has 0 aromatic heterocycles. The Balaban J connectivity index is 1.61. The van der Waals surface area contributed by atoms with E-state index in [0.29, 0.717) is 48.2 Å². The minimum Gasteiger partial charge on any atom is -0.336 e. The Bertz CT molecular complexity index is 695. The first-order valence-electron chi connectivity index (χ1n) is 7.54. The molecular weight excluding hydrogens is 359 g/mol. The molecule has 5 nitrogen and oxygen atoms in total. The van der Waals surface area contributed by atoms with Crippen LogP contribution in [0.3, 0.4) is 0 Å². The molecule has 126 valence electrons. The van der Waals surface area contributed by atoms with Crippen LogP contribution in [0, 0.1) is 0 Å². The standard InChI is InChI=1S/C15H18Cl2N2O3S/c16-12-7-11(8-13(17)9-12)15(20)19-4-2-18(3-5-19)14-1-6-23(21,22)10-14/h7-9,14H,1-6,10H2. The molecule has 0 bridgehead atoms. The zero-order valence-corrected chi connectivity index (χ0v) is 14.9. The number of sulfone groups is 1. The number of carbonyl (C=O) groups excluding carboxylic acids is 1. The highest BCUT2D eigenvalue weighted by molar-refractivity contribution is 7.91. The Morgan fingerprint density at radius 1 is 1.04 bits per heavy atom. The maximum Gasteiger partial charge on any atom is 0.254 e. The molecular formula is C15H18Cl2N2O3S. The van der Waals surface area contributed by atoms with E-state index in [2.05, 4.69) is 4.90 Å². The van der Waals surface area contributed by atoms with Gasteiger partial charge in [-0.1, -0.05) is 23.2 Å². The summed E-state index contributed by atoms with van der Waals surface area (Å²) >= 11 is 11.9. The molecule has 23 heavy (non-hydrogen) atoms. The minimum absolute atomic E-state index is 0.0897. The fourth-order valence-electron chi connectivity index (χ4n) is 3.21. The molecule has 0 radical (unpaired) electrons. The van der Waals surface area contributed by atoms with E-state index in [1.54, 1.807) is 23.1 Å². The van der Waals surface area contributed by atoms with E-state index < -0.39 is 9.84 Å². The number of nitrogens with zero attached hydrogens (tertiary/aromatic N) is 2. The van der Waals surface area contributed by atoms with E-state index in [-0.39, 0.29) is 23.5 Å². The lowest BCUT2D eigenvalue weighted by atomic mass is 10.1. The summed E-state index contributed by atoms with van der Waals surface area (Å²) in [6.45, 7) is 2.56. The van der Waals surface area contributed by atoms with Crippen molar-refractivity contribution in [2.45, 2.75) is 12.5 Å². The number of amides is 1. The number of carbonyl (C=O) groups is 1. The van der Waals surface area contributed by atoms with Crippen LogP contribution in [0.5, 0.6) is 0 Å². The van der Waals surface area contributed by atoms with Crippen molar-refractivity contribution in [2.24, 2.45) is 0 Å². The van der Waals surface area contributed by atoms with Gasteiger partial charge in [0, 0.05) is 47.8 Å². The summed E-state index contributed by atoms with van der Waals surface area (Å²) < 4.78 is 23.2. The van der Waals surface area contributed by atoms with Crippen LogP contribution in [0.4, 0.5) is 0 Å². The summed E-state index contributed by atoms with van der Waals surface area (Å²) in [6, 6.07) is 4.92. The Morgan fingerprint density at radius 3 is 2.17 bits per heavy atom. The molecule has 2 aliphatic heterocycles. The van der Waals surface area contributed by atoms with E-state index >= 15 is 0 Å². The molecule has 1 unspecified atom stereocenters. The third-order valence-corrected chi connectivity index (χ3v) is 6.62. The second-order valence-corrected chi connectivity index (χ2v) is 9.14. The molecule has 0 saturated carbocycles. The Labute approximate surface area is 146 Å². The average Bonchev–Trinajstić information content (AvgIpc) is 2.86. The lowest BCUT2D eigenvalue weighted by Gasteiger charge is -2.37. The monoisotopic (exact) mass is 376 g/mol. The fourth-order valence-corrected chi connectivity index (χ4v) is 5.50. The highest BCUT2D eigenvalue weighted by atomic mass is 35.5. The summed E-state index contributed by atoms with van der Waals surface area (Å²) in [7, 11) is -2.88. The van der Waals surface area contributed by atoms with Gasteiger partial charge in [0.25, 0.3) is 5.91 Å². The third-order valence-electron chi connectivity index (χ3n) is 4.44. The van der Waals surface area contributed by atoms with Crippen LogP contribution >= 0.6 is 23.2 Å². The molecule has 2 fully saturated rings. The lowest BCUT2D eigenvalue weighted by Crippen LogP contribution is -2.52. The molecule has 2 aliphatic rings. The van der Waals surface area contributed by atoms with Crippen molar-refractivity contribution in [3.8, 4) is 0 Å². The molecule has 2 saturated heterocycles. The molecule has 1 aromatic rings. The summed E-state index contributed by atoms with van der Waals surface area (Å²) in [6.07, 6.45) is 0.695. The Morgan fingerprint density at radius 2 is 1.65 bits per heavy atom. The zero-order valence-electron chi connectivity index (χ0n) is 12.5. The van der Waals surface area contributed by atoms with Gasteiger partial charge in [0.1, 0.15) is 0 Å². The zero-order chi connectivity index (χ0) is 16.6. The first-order chi connectivity index (χ1) is 10.8. The summed E-state index contributed by atoms with van der Waals surface area (Å²) in [4.78, 5) is 16.5. The van der Waals surface area contributed by atoms with Crippen LogP contribution < -0.4 is 0 Å². The van der Waals surface area contributed by atoms with Crippen molar-refractivity contribution in [3.05, 3.63) is 33.8 Å². The van der Waals surface area contributed by atoms with E-state index in [4.69, 9.17) is 23.2 Å². The average molecular weight is 377 g/mol. The van der Waals surface area contributed by atoms with Crippen molar-refractivity contribution < 1.29 is 13.2 Å².